The van der Waals surface area contributed by atoms with Crippen molar-refractivity contribution in [3.8, 4) is 0 Å². The minimum atomic E-state index is 0.244. The molecule has 0 spiro atoms. The van der Waals surface area contributed by atoms with Gasteiger partial charge in [-0.3, -0.25) is 9.79 Å². The van der Waals surface area contributed by atoms with Gasteiger partial charge in [-0.25, -0.2) is 0 Å². The van der Waals surface area contributed by atoms with Crippen LogP contribution >= 0.6 is 11.8 Å². The maximum absolute atomic E-state index is 12.5. The third-order valence-corrected chi connectivity index (χ3v) is 6.28. The molecule has 1 N–H and O–H groups in total. The van der Waals surface area contributed by atoms with Crippen molar-refractivity contribution in [2.45, 2.75) is 44.5 Å². The van der Waals surface area contributed by atoms with Crippen molar-refractivity contribution in [2.75, 3.05) is 32.4 Å². The summed E-state index contributed by atoms with van der Waals surface area (Å²) in [6.07, 6.45) is 1.41. The molecule has 0 unspecified atom stereocenters. The first kappa shape index (κ1) is 19.1. The van der Waals surface area contributed by atoms with Crippen molar-refractivity contribution in [1.29, 1.82) is 0 Å². The van der Waals surface area contributed by atoms with Gasteiger partial charge in [0, 0.05) is 56.7 Å². The molecule has 1 saturated heterocycles. The molecule has 26 heavy (non-hydrogen) atoms. The highest BCUT2D eigenvalue weighted by atomic mass is 32.2. The van der Waals surface area contributed by atoms with E-state index in [0.29, 0.717) is 6.42 Å². The van der Waals surface area contributed by atoms with Gasteiger partial charge >= 0.3 is 0 Å². The number of guanidine groups is 1. The zero-order valence-corrected chi connectivity index (χ0v) is 16.9. The van der Waals surface area contributed by atoms with Crippen LogP contribution < -0.4 is 5.32 Å². The Morgan fingerprint density at radius 1 is 1.23 bits per heavy atom. The Balaban J connectivity index is 1.40. The van der Waals surface area contributed by atoms with Gasteiger partial charge in [0.2, 0.25) is 5.91 Å². The molecule has 3 rings (SSSR count). The van der Waals surface area contributed by atoms with Crippen LogP contribution in [0.3, 0.4) is 0 Å². The molecular weight excluding hydrogens is 344 g/mol. The Morgan fingerprint density at radius 3 is 2.54 bits per heavy atom. The topological polar surface area (TPSA) is 47.9 Å². The molecule has 5 nitrogen and oxygen atoms in total. The highest BCUT2D eigenvalue weighted by molar-refractivity contribution is 8.00. The van der Waals surface area contributed by atoms with Gasteiger partial charge in [-0.15, -0.1) is 0 Å². The average molecular weight is 375 g/mol. The summed E-state index contributed by atoms with van der Waals surface area (Å²) in [6.45, 7) is 8.88. The van der Waals surface area contributed by atoms with E-state index >= 15 is 0 Å². The normalized spacial score (nSPS) is 19.4. The van der Waals surface area contributed by atoms with Gasteiger partial charge in [-0.2, -0.15) is 11.8 Å². The second-order valence-electron chi connectivity index (χ2n) is 7.63. The van der Waals surface area contributed by atoms with Crippen molar-refractivity contribution in [3.63, 3.8) is 0 Å². The monoisotopic (exact) mass is 374 g/mol. The van der Waals surface area contributed by atoms with Gasteiger partial charge in [0.1, 0.15) is 0 Å². The van der Waals surface area contributed by atoms with Crippen LogP contribution in [0.5, 0.6) is 0 Å². The molecule has 1 aromatic carbocycles. The van der Waals surface area contributed by atoms with Gasteiger partial charge in [-0.1, -0.05) is 24.3 Å². The molecular formula is C20H30N4OS. The van der Waals surface area contributed by atoms with Crippen LogP contribution in [-0.4, -0.2) is 58.8 Å². The van der Waals surface area contributed by atoms with E-state index in [4.69, 9.17) is 0 Å². The second kappa shape index (κ2) is 8.33. The number of carbonyl (C=O) groups excluding carboxylic acids is 1. The number of amides is 1. The van der Waals surface area contributed by atoms with Crippen LogP contribution in [0.15, 0.2) is 29.3 Å². The minimum absolute atomic E-state index is 0.244. The Bertz CT molecular complexity index is 649. The molecule has 1 aromatic rings. The third-order valence-electron chi connectivity index (χ3n) is 4.98. The molecule has 142 valence electrons. The molecule has 2 aliphatic heterocycles. The van der Waals surface area contributed by atoms with Crippen LogP contribution in [0.4, 0.5) is 0 Å². The smallest absolute Gasteiger partial charge is 0.223 e. The van der Waals surface area contributed by atoms with E-state index in [0.717, 1.165) is 50.9 Å². The summed E-state index contributed by atoms with van der Waals surface area (Å²) in [6, 6.07) is 8.32. The molecule has 0 bridgehead atoms. The number of nitrogens with one attached hydrogen (secondary N) is 1. The fourth-order valence-electron chi connectivity index (χ4n) is 3.64. The summed E-state index contributed by atoms with van der Waals surface area (Å²) in [5, 5.41) is 3.44. The SMILES string of the molecule is CN=C(NCCCC(=O)N1Cc2ccccc2C1)N1CCSC(C)(C)C1. The van der Waals surface area contributed by atoms with Crippen molar-refractivity contribution < 1.29 is 4.79 Å². The summed E-state index contributed by atoms with van der Waals surface area (Å²) in [5.74, 6) is 2.33. The molecule has 6 heteroatoms. The summed E-state index contributed by atoms with van der Waals surface area (Å²) in [7, 11) is 1.84. The van der Waals surface area contributed by atoms with Crippen molar-refractivity contribution >= 4 is 23.6 Å². The third kappa shape index (κ3) is 4.72. The number of aliphatic imine (C=N–C) groups is 1. The molecule has 0 aromatic heterocycles. The lowest BCUT2D eigenvalue weighted by molar-refractivity contribution is -0.131. The fraction of sp³-hybridized carbons (Fsp3) is 0.600. The van der Waals surface area contributed by atoms with E-state index in [1.165, 1.54) is 11.1 Å². The molecule has 1 amide bonds. The van der Waals surface area contributed by atoms with E-state index in [1.54, 1.807) is 0 Å². The predicted octanol–water partition coefficient (Wildman–Crippen LogP) is 2.71. The number of hydrogen-bond donors (Lipinski definition) is 1. The van der Waals surface area contributed by atoms with E-state index in [-0.39, 0.29) is 10.7 Å². The highest BCUT2D eigenvalue weighted by Gasteiger charge is 2.28. The Kier molecular flexibility index (Phi) is 6.12. The Hall–Kier alpha value is -1.69. The molecule has 2 heterocycles. The Morgan fingerprint density at radius 2 is 1.92 bits per heavy atom. The highest BCUT2D eigenvalue weighted by Crippen LogP contribution is 2.29. The lowest BCUT2D eigenvalue weighted by atomic mass is 10.1. The summed E-state index contributed by atoms with van der Waals surface area (Å²) in [5.41, 5.74) is 2.56. The lowest BCUT2D eigenvalue weighted by Gasteiger charge is -2.39. The average Bonchev–Trinajstić information content (AvgIpc) is 3.05. The predicted molar refractivity (Wildman–Crippen MR) is 109 cm³/mol. The molecule has 0 aliphatic carbocycles. The van der Waals surface area contributed by atoms with E-state index in [1.807, 2.05) is 35.8 Å². The second-order valence-corrected chi connectivity index (χ2v) is 9.43. The van der Waals surface area contributed by atoms with Gasteiger partial charge in [0.25, 0.3) is 0 Å². The van der Waals surface area contributed by atoms with Gasteiger partial charge in [0.05, 0.1) is 0 Å². The van der Waals surface area contributed by atoms with E-state index < -0.39 is 0 Å². The summed E-state index contributed by atoms with van der Waals surface area (Å²) < 4.78 is 0.261. The van der Waals surface area contributed by atoms with Gasteiger partial charge in [0.15, 0.2) is 5.96 Å². The minimum Gasteiger partial charge on any atom is -0.356 e. The van der Waals surface area contributed by atoms with Crippen LogP contribution in [-0.2, 0) is 17.9 Å². The van der Waals surface area contributed by atoms with Gasteiger partial charge < -0.3 is 15.1 Å². The fourth-order valence-corrected chi connectivity index (χ4v) is 4.75. The number of rotatable bonds is 4. The number of benzene rings is 1. The van der Waals surface area contributed by atoms with Crippen molar-refractivity contribution in [2.24, 2.45) is 4.99 Å². The molecule has 0 atom stereocenters. The first-order valence-corrected chi connectivity index (χ1v) is 10.4. The first-order chi connectivity index (χ1) is 12.5. The number of fused-ring (bicyclic) bond motifs is 1. The number of nitrogens with zero attached hydrogens (tertiary/aromatic N) is 3. The van der Waals surface area contributed by atoms with Crippen LogP contribution in [0.1, 0.15) is 37.8 Å². The number of thioether (sulfide) groups is 1. The number of carbonyl (C=O) groups is 1. The van der Waals surface area contributed by atoms with Crippen molar-refractivity contribution in [3.05, 3.63) is 35.4 Å². The molecule has 2 aliphatic rings. The van der Waals surface area contributed by atoms with E-state index in [9.17, 15) is 4.79 Å². The maximum atomic E-state index is 12.5. The van der Waals surface area contributed by atoms with Crippen LogP contribution in [0, 0.1) is 0 Å². The Labute approximate surface area is 161 Å². The first-order valence-electron chi connectivity index (χ1n) is 9.42. The summed E-state index contributed by atoms with van der Waals surface area (Å²) >= 11 is 2.02. The molecule has 1 fully saturated rings. The molecule has 0 radical (unpaired) electrons. The zero-order valence-electron chi connectivity index (χ0n) is 16.1. The molecule has 0 saturated carbocycles. The van der Waals surface area contributed by atoms with Gasteiger partial charge in [-0.05, 0) is 31.4 Å². The largest absolute Gasteiger partial charge is 0.356 e. The van der Waals surface area contributed by atoms with E-state index in [2.05, 4.69) is 41.2 Å². The van der Waals surface area contributed by atoms with Crippen molar-refractivity contribution in [1.82, 2.24) is 15.1 Å². The standard InChI is InChI=1S/C20H30N4OS/c1-20(2)15-23(11-12-26-20)19(21-3)22-10-6-9-18(25)24-13-16-7-4-5-8-17(16)14-24/h4-5,7-8H,6,9-15H2,1-3H3,(H,21,22). The quantitative estimate of drug-likeness (QED) is 0.500. The summed E-state index contributed by atoms with van der Waals surface area (Å²) in [4.78, 5) is 21.2. The lowest BCUT2D eigenvalue weighted by Crippen LogP contribution is -2.51. The van der Waals surface area contributed by atoms with Crippen LogP contribution in [0.2, 0.25) is 0 Å². The maximum Gasteiger partial charge on any atom is 0.223 e. The van der Waals surface area contributed by atoms with Crippen LogP contribution in [0.25, 0.3) is 0 Å². The number of hydrogen-bond acceptors (Lipinski definition) is 3. The zero-order chi connectivity index (χ0) is 18.6.